The molecule has 0 nitrogen and oxygen atoms in total. The molecule has 0 saturated carbocycles. The first-order valence-corrected chi connectivity index (χ1v) is 5.63. The van der Waals surface area contributed by atoms with Crippen molar-refractivity contribution in [3.63, 3.8) is 0 Å². The van der Waals surface area contributed by atoms with Crippen LogP contribution < -0.4 is 0 Å². The molecule has 0 aromatic heterocycles. The molecule has 2 rings (SSSR count). The molecule has 1 aromatic carbocycles. The number of alkyl halides is 2. The van der Waals surface area contributed by atoms with Crippen LogP contribution in [0.15, 0.2) is 24.3 Å². The maximum atomic E-state index is 6.50. The van der Waals surface area contributed by atoms with Crippen LogP contribution in [0.4, 0.5) is 0 Å². The zero-order chi connectivity index (χ0) is 10.6. The van der Waals surface area contributed by atoms with E-state index in [0.29, 0.717) is 0 Å². The Morgan fingerprint density at radius 3 is 2.07 bits per heavy atom. The number of hydrogen-bond donors (Lipinski definition) is 0. The van der Waals surface area contributed by atoms with Gasteiger partial charge in [0.15, 0.2) is 0 Å². The lowest BCUT2D eigenvalue weighted by atomic mass is 9.85. The Morgan fingerprint density at radius 2 is 1.57 bits per heavy atom. The third-order valence-electron chi connectivity index (χ3n) is 3.26. The molecule has 2 unspecified atom stereocenters. The van der Waals surface area contributed by atoms with Crippen LogP contribution in [0, 0.1) is 0 Å². The van der Waals surface area contributed by atoms with Crippen molar-refractivity contribution in [1.29, 1.82) is 0 Å². The van der Waals surface area contributed by atoms with Crippen LogP contribution in [0.3, 0.4) is 0 Å². The molecule has 2 atom stereocenters. The maximum absolute atomic E-state index is 6.50. The number of halogens is 2. The molecular weight excluding hydrogens is 215 g/mol. The zero-order valence-electron chi connectivity index (χ0n) is 8.64. The van der Waals surface area contributed by atoms with E-state index in [-0.39, 0.29) is 10.8 Å². The van der Waals surface area contributed by atoms with Crippen LogP contribution in [-0.2, 0) is 10.3 Å². The average Bonchev–Trinajstić information content (AvgIpc) is 2.28. The molecule has 76 valence electrons. The Hall–Kier alpha value is -0.200. The van der Waals surface area contributed by atoms with E-state index in [1.54, 1.807) is 0 Å². The normalized spacial score (nSPS) is 34.2. The van der Waals surface area contributed by atoms with E-state index in [1.165, 1.54) is 11.1 Å². The molecule has 1 aliphatic rings. The molecule has 1 aromatic rings. The zero-order valence-corrected chi connectivity index (χ0v) is 10.2. The van der Waals surface area contributed by atoms with Crippen LogP contribution in [0.2, 0.25) is 0 Å². The highest BCUT2D eigenvalue weighted by Gasteiger charge is 2.51. The van der Waals surface area contributed by atoms with Crippen molar-refractivity contribution in [3.05, 3.63) is 35.4 Å². The summed E-state index contributed by atoms with van der Waals surface area (Å²) in [5.41, 5.74) is 2.40. The Balaban J connectivity index is 2.70. The first kappa shape index (κ1) is 10.3. The Morgan fingerprint density at radius 1 is 1.07 bits per heavy atom. The number of hydrogen-bond acceptors (Lipinski definition) is 0. The lowest BCUT2D eigenvalue weighted by Crippen LogP contribution is -2.32. The molecule has 14 heavy (non-hydrogen) atoms. The lowest BCUT2D eigenvalue weighted by Gasteiger charge is -2.28. The van der Waals surface area contributed by atoms with Gasteiger partial charge in [0, 0.05) is 5.41 Å². The molecule has 2 heteroatoms. The minimum atomic E-state index is -0.443. The van der Waals surface area contributed by atoms with Gasteiger partial charge in [-0.2, -0.15) is 0 Å². The van der Waals surface area contributed by atoms with Gasteiger partial charge in [-0.15, -0.1) is 23.2 Å². The SMILES string of the molecule is CC1(C)c2ccccc2C(C)(Cl)C1Cl. The smallest absolute Gasteiger partial charge is 0.0841 e. The molecule has 1 aliphatic carbocycles. The van der Waals surface area contributed by atoms with Gasteiger partial charge in [-0.05, 0) is 18.1 Å². The van der Waals surface area contributed by atoms with Gasteiger partial charge in [0.2, 0.25) is 0 Å². The van der Waals surface area contributed by atoms with Crippen molar-refractivity contribution in [2.45, 2.75) is 36.4 Å². The first-order chi connectivity index (χ1) is 6.38. The highest BCUT2D eigenvalue weighted by atomic mass is 35.5. The van der Waals surface area contributed by atoms with Crippen molar-refractivity contribution in [2.24, 2.45) is 0 Å². The lowest BCUT2D eigenvalue weighted by molar-refractivity contribution is 0.473. The van der Waals surface area contributed by atoms with Crippen molar-refractivity contribution >= 4 is 23.2 Å². The second-order valence-corrected chi connectivity index (χ2v) is 5.93. The van der Waals surface area contributed by atoms with Gasteiger partial charge in [-0.1, -0.05) is 38.1 Å². The van der Waals surface area contributed by atoms with Crippen LogP contribution in [0.25, 0.3) is 0 Å². The molecule has 0 N–H and O–H groups in total. The average molecular weight is 229 g/mol. The largest absolute Gasteiger partial charge is 0.120 e. The topological polar surface area (TPSA) is 0 Å². The third-order valence-corrected chi connectivity index (χ3v) is 4.77. The highest BCUT2D eigenvalue weighted by molar-refractivity contribution is 6.33. The van der Waals surface area contributed by atoms with Crippen LogP contribution in [-0.4, -0.2) is 5.38 Å². The predicted octanol–water partition coefficient (Wildman–Crippen LogP) is 4.04. The van der Waals surface area contributed by atoms with Gasteiger partial charge < -0.3 is 0 Å². The van der Waals surface area contributed by atoms with Gasteiger partial charge in [0.1, 0.15) is 0 Å². The summed E-state index contributed by atoms with van der Waals surface area (Å²) in [5.74, 6) is 0. The third kappa shape index (κ3) is 1.14. The van der Waals surface area contributed by atoms with Crippen LogP contribution in [0.5, 0.6) is 0 Å². The Kier molecular flexibility index (Phi) is 2.14. The van der Waals surface area contributed by atoms with E-state index in [1.807, 2.05) is 19.1 Å². The van der Waals surface area contributed by atoms with Gasteiger partial charge in [-0.3, -0.25) is 0 Å². The number of benzene rings is 1. The van der Waals surface area contributed by atoms with E-state index in [2.05, 4.69) is 26.0 Å². The fraction of sp³-hybridized carbons (Fsp3) is 0.500. The van der Waals surface area contributed by atoms with E-state index < -0.39 is 4.87 Å². The fourth-order valence-corrected chi connectivity index (χ4v) is 3.09. The summed E-state index contributed by atoms with van der Waals surface area (Å²) in [6, 6.07) is 8.26. The van der Waals surface area contributed by atoms with Crippen LogP contribution in [0.1, 0.15) is 31.9 Å². The molecule has 0 bridgehead atoms. The summed E-state index contributed by atoms with van der Waals surface area (Å²) in [7, 11) is 0. The van der Waals surface area contributed by atoms with Gasteiger partial charge >= 0.3 is 0 Å². The van der Waals surface area contributed by atoms with Gasteiger partial charge in [-0.25, -0.2) is 0 Å². The van der Waals surface area contributed by atoms with Crippen molar-refractivity contribution in [3.8, 4) is 0 Å². The maximum Gasteiger partial charge on any atom is 0.0841 e. The van der Waals surface area contributed by atoms with Crippen molar-refractivity contribution < 1.29 is 0 Å². The van der Waals surface area contributed by atoms with Gasteiger partial charge in [0.05, 0.1) is 10.3 Å². The predicted molar refractivity (Wildman–Crippen MR) is 62.3 cm³/mol. The summed E-state index contributed by atoms with van der Waals surface area (Å²) in [5, 5.41) is -0.0610. The molecule has 0 spiro atoms. The van der Waals surface area contributed by atoms with E-state index in [0.717, 1.165) is 0 Å². The summed E-state index contributed by atoms with van der Waals surface area (Å²) < 4.78 is 0. The quantitative estimate of drug-likeness (QED) is 0.589. The van der Waals surface area contributed by atoms with E-state index in [9.17, 15) is 0 Å². The molecule has 0 heterocycles. The highest BCUT2D eigenvalue weighted by Crippen LogP contribution is 2.54. The van der Waals surface area contributed by atoms with Crippen molar-refractivity contribution in [2.75, 3.05) is 0 Å². The second-order valence-electron chi connectivity index (χ2n) is 4.71. The number of fused-ring (bicyclic) bond motifs is 1. The standard InChI is InChI=1S/C12H14Cl2/c1-11(2)8-6-4-5-7-9(8)12(3,14)10(11)13/h4-7,10H,1-3H3. The van der Waals surface area contributed by atoms with Gasteiger partial charge in [0.25, 0.3) is 0 Å². The molecule has 0 saturated heterocycles. The molecule has 0 amide bonds. The summed E-state index contributed by atoms with van der Waals surface area (Å²) in [4.78, 5) is -0.443. The molecule has 0 aliphatic heterocycles. The van der Waals surface area contributed by atoms with Crippen LogP contribution >= 0.6 is 23.2 Å². The molecule has 0 fully saturated rings. The monoisotopic (exact) mass is 228 g/mol. The first-order valence-electron chi connectivity index (χ1n) is 4.81. The van der Waals surface area contributed by atoms with Crippen molar-refractivity contribution in [1.82, 2.24) is 0 Å². The summed E-state index contributed by atoms with van der Waals surface area (Å²) in [6.07, 6.45) is 0. The minimum Gasteiger partial charge on any atom is -0.120 e. The van der Waals surface area contributed by atoms with E-state index >= 15 is 0 Å². The fourth-order valence-electron chi connectivity index (χ4n) is 2.42. The number of rotatable bonds is 0. The minimum absolute atomic E-state index is 0.0470. The summed E-state index contributed by atoms with van der Waals surface area (Å²) >= 11 is 12.9. The molecule has 0 radical (unpaired) electrons. The van der Waals surface area contributed by atoms with E-state index in [4.69, 9.17) is 23.2 Å². The Labute approximate surface area is 95.2 Å². The Bertz CT molecular complexity index is 331. The molecular formula is C12H14Cl2. The summed E-state index contributed by atoms with van der Waals surface area (Å²) in [6.45, 7) is 6.30. The second kappa shape index (κ2) is 2.90.